The smallest absolute Gasteiger partial charge is 0.240 e. The molecule has 0 saturated heterocycles. The van der Waals surface area contributed by atoms with Crippen LogP contribution >= 0.6 is 0 Å². The van der Waals surface area contributed by atoms with E-state index in [1.807, 2.05) is 13.0 Å². The van der Waals surface area contributed by atoms with Gasteiger partial charge in [-0.25, -0.2) is 13.1 Å². The summed E-state index contributed by atoms with van der Waals surface area (Å²) in [5.74, 6) is 0. The van der Waals surface area contributed by atoms with Gasteiger partial charge in [0.15, 0.2) is 0 Å². The molecule has 0 spiro atoms. The van der Waals surface area contributed by atoms with Crippen LogP contribution in [0.4, 0.5) is 5.69 Å². The van der Waals surface area contributed by atoms with Crippen molar-refractivity contribution in [1.29, 1.82) is 0 Å². The molecule has 21 heavy (non-hydrogen) atoms. The van der Waals surface area contributed by atoms with Crippen LogP contribution in [-0.2, 0) is 10.0 Å². The van der Waals surface area contributed by atoms with E-state index in [1.165, 1.54) is 7.05 Å². The molecule has 0 aliphatic rings. The molecule has 2 aromatic rings. The molecule has 2 N–H and O–H groups in total. The second-order valence-electron chi connectivity index (χ2n) is 4.68. The Bertz CT molecular complexity index is 717. The summed E-state index contributed by atoms with van der Waals surface area (Å²) in [6.45, 7) is 3.70. The Morgan fingerprint density at radius 2 is 2.00 bits per heavy atom. The summed E-state index contributed by atoms with van der Waals surface area (Å²) in [6.07, 6.45) is 4.91. The Morgan fingerprint density at radius 1 is 1.24 bits per heavy atom. The monoisotopic (exact) mass is 306 g/mol. The summed E-state index contributed by atoms with van der Waals surface area (Å²) in [5, 5.41) is 3.23. The summed E-state index contributed by atoms with van der Waals surface area (Å²) < 4.78 is 26.3. The van der Waals surface area contributed by atoms with Crippen LogP contribution in [0.15, 0.2) is 41.7 Å². The number of aryl methyl sites for hydroxylation is 1. The maximum Gasteiger partial charge on any atom is 0.240 e. The van der Waals surface area contributed by atoms with E-state index >= 15 is 0 Å². The van der Waals surface area contributed by atoms with Crippen molar-refractivity contribution in [3.05, 3.63) is 48.0 Å². The molecule has 7 heteroatoms. The van der Waals surface area contributed by atoms with Gasteiger partial charge in [0.2, 0.25) is 10.0 Å². The fourth-order valence-corrected chi connectivity index (χ4v) is 2.94. The van der Waals surface area contributed by atoms with E-state index in [0.29, 0.717) is 11.3 Å². The lowest BCUT2D eigenvalue weighted by Crippen LogP contribution is -2.20. The molecule has 0 radical (unpaired) electrons. The van der Waals surface area contributed by atoms with Crippen molar-refractivity contribution in [2.75, 3.05) is 12.4 Å². The van der Waals surface area contributed by atoms with Gasteiger partial charge >= 0.3 is 0 Å². The number of hydrogen-bond donors (Lipinski definition) is 2. The second-order valence-corrected chi connectivity index (χ2v) is 6.54. The maximum atomic E-state index is 12.0. The normalized spacial score (nSPS) is 12.9. The van der Waals surface area contributed by atoms with Crippen molar-refractivity contribution >= 4 is 15.7 Å². The van der Waals surface area contributed by atoms with E-state index in [4.69, 9.17) is 0 Å². The third-order valence-corrected chi connectivity index (χ3v) is 4.71. The molecule has 0 fully saturated rings. The topological polar surface area (TPSA) is 84.0 Å². The van der Waals surface area contributed by atoms with Gasteiger partial charge in [-0.3, -0.25) is 9.97 Å². The SMILES string of the molecule is CNS(=O)(=O)c1cc(NC(C)c2cnccn2)ccc1C. The first-order chi connectivity index (χ1) is 9.94. The molecule has 0 amide bonds. The zero-order chi connectivity index (χ0) is 15.5. The van der Waals surface area contributed by atoms with Crippen LogP contribution in [-0.4, -0.2) is 25.4 Å². The van der Waals surface area contributed by atoms with Crippen molar-refractivity contribution in [2.45, 2.75) is 24.8 Å². The minimum atomic E-state index is -3.47. The van der Waals surface area contributed by atoms with E-state index in [1.54, 1.807) is 37.6 Å². The van der Waals surface area contributed by atoms with Crippen LogP contribution in [0.3, 0.4) is 0 Å². The number of anilines is 1. The van der Waals surface area contributed by atoms with Gasteiger partial charge in [0.05, 0.1) is 22.8 Å². The fraction of sp³-hybridized carbons (Fsp3) is 0.286. The first-order valence-corrected chi connectivity index (χ1v) is 7.99. The fourth-order valence-electron chi connectivity index (χ4n) is 1.95. The molecule has 1 aromatic carbocycles. The summed E-state index contributed by atoms with van der Waals surface area (Å²) in [5.41, 5.74) is 2.20. The van der Waals surface area contributed by atoms with Gasteiger partial charge < -0.3 is 5.32 Å². The number of aromatic nitrogens is 2. The van der Waals surface area contributed by atoms with Gasteiger partial charge in [-0.2, -0.15) is 0 Å². The average molecular weight is 306 g/mol. The second kappa shape index (κ2) is 6.19. The first kappa shape index (κ1) is 15.4. The Morgan fingerprint density at radius 3 is 2.62 bits per heavy atom. The van der Waals surface area contributed by atoms with Gasteiger partial charge in [-0.15, -0.1) is 0 Å². The highest BCUT2D eigenvalue weighted by Crippen LogP contribution is 2.23. The Balaban J connectivity index is 2.28. The van der Waals surface area contributed by atoms with E-state index in [0.717, 1.165) is 5.69 Å². The number of rotatable bonds is 5. The minimum absolute atomic E-state index is 0.0773. The van der Waals surface area contributed by atoms with Crippen molar-refractivity contribution < 1.29 is 8.42 Å². The summed E-state index contributed by atoms with van der Waals surface area (Å²) >= 11 is 0. The zero-order valence-electron chi connectivity index (χ0n) is 12.2. The van der Waals surface area contributed by atoms with Crippen molar-refractivity contribution in [3.63, 3.8) is 0 Å². The molecular weight excluding hydrogens is 288 g/mol. The lowest BCUT2D eigenvalue weighted by molar-refractivity contribution is 0.587. The van der Waals surface area contributed by atoms with Crippen LogP contribution in [0.5, 0.6) is 0 Å². The number of hydrogen-bond acceptors (Lipinski definition) is 5. The van der Waals surface area contributed by atoms with Gasteiger partial charge in [0.1, 0.15) is 0 Å². The maximum absolute atomic E-state index is 12.0. The van der Waals surface area contributed by atoms with Crippen LogP contribution < -0.4 is 10.0 Å². The standard InChI is InChI=1S/C14H18N4O2S/c1-10-4-5-12(8-14(10)21(19,20)15-3)18-11(2)13-9-16-6-7-17-13/h4-9,11,15,18H,1-3H3. The third-order valence-electron chi connectivity index (χ3n) is 3.16. The van der Waals surface area contributed by atoms with Gasteiger partial charge in [-0.05, 0) is 38.6 Å². The zero-order valence-corrected chi connectivity index (χ0v) is 13.0. The molecule has 2 rings (SSSR count). The number of benzene rings is 1. The average Bonchev–Trinajstić information content (AvgIpc) is 2.50. The summed E-state index contributed by atoms with van der Waals surface area (Å²) in [6, 6.07) is 5.16. The number of nitrogens with one attached hydrogen (secondary N) is 2. The van der Waals surface area contributed by atoms with Crippen LogP contribution in [0.2, 0.25) is 0 Å². The van der Waals surface area contributed by atoms with E-state index in [9.17, 15) is 8.42 Å². The predicted octanol–water partition coefficient (Wildman–Crippen LogP) is 1.87. The highest BCUT2D eigenvalue weighted by molar-refractivity contribution is 7.89. The molecule has 1 unspecified atom stereocenters. The highest BCUT2D eigenvalue weighted by Gasteiger charge is 2.16. The van der Waals surface area contributed by atoms with E-state index in [-0.39, 0.29) is 10.9 Å². The predicted molar refractivity (Wildman–Crippen MR) is 81.5 cm³/mol. The summed E-state index contributed by atoms with van der Waals surface area (Å²) in [4.78, 5) is 8.51. The lowest BCUT2D eigenvalue weighted by Gasteiger charge is -2.16. The van der Waals surface area contributed by atoms with Gasteiger partial charge in [0.25, 0.3) is 0 Å². The molecule has 0 saturated carbocycles. The quantitative estimate of drug-likeness (QED) is 0.881. The molecule has 1 atom stereocenters. The number of nitrogens with zero attached hydrogens (tertiary/aromatic N) is 2. The van der Waals surface area contributed by atoms with Crippen LogP contribution in [0.25, 0.3) is 0 Å². The Hall–Kier alpha value is -1.99. The molecule has 1 heterocycles. The van der Waals surface area contributed by atoms with E-state index in [2.05, 4.69) is 20.0 Å². The Labute approximate surface area is 124 Å². The van der Waals surface area contributed by atoms with Crippen molar-refractivity contribution in [3.8, 4) is 0 Å². The molecule has 112 valence electrons. The minimum Gasteiger partial charge on any atom is -0.377 e. The van der Waals surface area contributed by atoms with Gasteiger partial charge in [0, 0.05) is 18.1 Å². The first-order valence-electron chi connectivity index (χ1n) is 6.50. The molecule has 6 nitrogen and oxygen atoms in total. The van der Waals surface area contributed by atoms with Crippen molar-refractivity contribution in [2.24, 2.45) is 0 Å². The van der Waals surface area contributed by atoms with Crippen LogP contribution in [0.1, 0.15) is 24.2 Å². The van der Waals surface area contributed by atoms with E-state index < -0.39 is 10.0 Å². The molecule has 0 aliphatic carbocycles. The highest BCUT2D eigenvalue weighted by atomic mass is 32.2. The molecular formula is C14H18N4O2S. The van der Waals surface area contributed by atoms with Gasteiger partial charge in [-0.1, -0.05) is 6.07 Å². The largest absolute Gasteiger partial charge is 0.377 e. The molecule has 1 aromatic heterocycles. The molecule has 0 bridgehead atoms. The number of sulfonamides is 1. The van der Waals surface area contributed by atoms with Crippen molar-refractivity contribution in [1.82, 2.24) is 14.7 Å². The molecule has 0 aliphatic heterocycles. The lowest BCUT2D eigenvalue weighted by atomic mass is 10.2. The van der Waals surface area contributed by atoms with Crippen LogP contribution in [0, 0.1) is 6.92 Å². The summed E-state index contributed by atoms with van der Waals surface area (Å²) in [7, 11) is -2.07. The third kappa shape index (κ3) is 3.56. The Kier molecular flexibility index (Phi) is 4.54.